The molecule has 0 heterocycles. The Morgan fingerprint density at radius 1 is 0.812 bits per heavy atom. The van der Waals surface area contributed by atoms with Crippen LogP contribution >= 0.6 is 0 Å². The second kappa shape index (κ2) is 16.9. The molecule has 0 saturated carbocycles. The van der Waals surface area contributed by atoms with Gasteiger partial charge in [0.15, 0.2) is 17.2 Å². The van der Waals surface area contributed by atoms with Crippen molar-refractivity contribution in [2.45, 2.75) is 60.8 Å². The van der Waals surface area contributed by atoms with Crippen LogP contribution in [-0.4, -0.2) is 27.9 Å². The molecule has 0 saturated heterocycles. The second-order valence-electron chi connectivity index (χ2n) is 7.07. The van der Waals surface area contributed by atoms with E-state index in [1.807, 2.05) is 19.9 Å². The lowest BCUT2D eigenvalue weighted by atomic mass is 10.1. The van der Waals surface area contributed by atoms with Crippen LogP contribution in [0.2, 0.25) is 0 Å². The van der Waals surface area contributed by atoms with Crippen molar-refractivity contribution < 1.29 is 23.7 Å². The number of benzene rings is 2. The third-order valence-corrected chi connectivity index (χ3v) is 4.16. The van der Waals surface area contributed by atoms with Gasteiger partial charge in [0.25, 0.3) is 0 Å². The maximum Gasteiger partial charge on any atom is 0.203 e. The molecule has 1 unspecified atom stereocenters. The zero-order valence-corrected chi connectivity index (χ0v) is 21.4. The minimum Gasteiger partial charge on any atom is -0.493 e. The molecule has 2 rings (SSSR count). The predicted molar refractivity (Wildman–Crippen MR) is 134 cm³/mol. The predicted octanol–water partition coefficient (Wildman–Crippen LogP) is 7.34. The van der Waals surface area contributed by atoms with Crippen molar-refractivity contribution >= 4 is 5.69 Å². The highest BCUT2D eigenvalue weighted by molar-refractivity contribution is 5.60. The van der Waals surface area contributed by atoms with Gasteiger partial charge in [0.05, 0.1) is 33.6 Å². The van der Waals surface area contributed by atoms with Gasteiger partial charge in [-0.25, -0.2) is 0 Å². The van der Waals surface area contributed by atoms with Crippen LogP contribution in [0.3, 0.4) is 0 Å². The van der Waals surface area contributed by atoms with Crippen molar-refractivity contribution in [3.63, 3.8) is 0 Å². The maximum absolute atomic E-state index is 6.14. The molecule has 0 fully saturated rings. The molecule has 2 aromatic carbocycles. The highest BCUT2D eigenvalue weighted by Gasteiger charge is 2.15. The summed E-state index contributed by atoms with van der Waals surface area (Å²) in [5, 5.41) is 0. The van der Waals surface area contributed by atoms with Gasteiger partial charge < -0.3 is 29.4 Å². The lowest BCUT2D eigenvalue weighted by molar-refractivity contribution is 0.251. The molecule has 0 spiro atoms. The lowest BCUT2D eigenvalue weighted by Gasteiger charge is -2.16. The molecule has 32 heavy (non-hydrogen) atoms. The number of nitrogens with two attached hydrogens (primary N) is 1. The van der Waals surface area contributed by atoms with E-state index in [1.54, 1.807) is 45.6 Å². The summed E-state index contributed by atoms with van der Waals surface area (Å²) in [6, 6.07) is 8.85. The Balaban J connectivity index is 0.00000177. The van der Waals surface area contributed by atoms with Gasteiger partial charge in [-0.2, -0.15) is 0 Å². The number of rotatable bonds is 10. The molecule has 0 amide bonds. The number of nitrogen functional groups attached to an aromatic ring is 1. The van der Waals surface area contributed by atoms with Crippen LogP contribution < -0.4 is 29.4 Å². The smallest absolute Gasteiger partial charge is 0.203 e. The SMILES string of the molecule is CC.CCC.CCCC(C)COc1ccc(Oc2cc(OC)c(OC)c(OC)c2)c(N)c1. The molecule has 1 atom stereocenters. The maximum atomic E-state index is 6.14. The molecule has 0 aromatic heterocycles. The first-order valence-electron chi connectivity index (χ1n) is 11.4. The fraction of sp³-hybridized carbons (Fsp3) is 0.538. The van der Waals surface area contributed by atoms with Gasteiger partial charge in [-0.1, -0.05) is 54.4 Å². The quantitative estimate of drug-likeness (QED) is 0.382. The fourth-order valence-corrected chi connectivity index (χ4v) is 2.77. The molecular formula is C26H43NO5. The van der Waals surface area contributed by atoms with Crippen molar-refractivity contribution in [1.82, 2.24) is 0 Å². The summed E-state index contributed by atoms with van der Waals surface area (Å²) in [6.45, 7) is 13.3. The Morgan fingerprint density at radius 3 is 1.81 bits per heavy atom. The van der Waals surface area contributed by atoms with E-state index in [0.29, 0.717) is 47.0 Å². The Hall–Kier alpha value is -2.76. The molecule has 6 heteroatoms. The van der Waals surface area contributed by atoms with Crippen molar-refractivity contribution in [2.24, 2.45) is 5.92 Å². The van der Waals surface area contributed by atoms with Gasteiger partial charge in [-0.3, -0.25) is 0 Å². The van der Waals surface area contributed by atoms with Crippen molar-refractivity contribution in [2.75, 3.05) is 33.7 Å². The van der Waals surface area contributed by atoms with E-state index in [2.05, 4.69) is 27.7 Å². The summed E-state index contributed by atoms with van der Waals surface area (Å²) in [4.78, 5) is 0. The molecule has 0 aliphatic heterocycles. The Morgan fingerprint density at radius 2 is 1.38 bits per heavy atom. The van der Waals surface area contributed by atoms with E-state index >= 15 is 0 Å². The van der Waals surface area contributed by atoms with Gasteiger partial charge in [-0.05, 0) is 24.5 Å². The zero-order valence-electron chi connectivity index (χ0n) is 21.4. The first-order valence-corrected chi connectivity index (χ1v) is 11.4. The van der Waals surface area contributed by atoms with E-state index in [9.17, 15) is 0 Å². The molecule has 6 nitrogen and oxygen atoms in total. The summed E-state index contributed by atoms with van der Waals surface area (Å²) in [5.41, 5.74) is 6.63. The first kappa shape index (κ1) is 29.2. The summed E-state index contributed by atoms with van der Waals surface area (Å²) in [5.74, 6) is 3.81. The fourth-order valence-electron chi connectivity index (χ4n) is 2.77. The summed E-state index contributed by atoms with van der Waals surface area (Å²) < 4.78 is 27.7. The largest absolute Gasteiger partial charge is 0.493 e. The van der Waals surface area contributed by atoms with Crippen LogP contribution in [0, 0.1) is 5.92 Å². The second-order valence-corrected chi connectivity index (χ2v) is 7.07. The lowest BCUT2D eigenvalue weighted by Crippen LogP contribution is -2.08. The van der Waals surface area contributed by atoms with Crippen LogP contribution in [-0.2, 0) is 0 Å². The van der Waals surface area contributed by atoms with Crippen molar-refractivity contribution in [3.05, 3.63) is 30.3 Å². The molecule has 0 bridgehead atoms. The van der Waals surface area contributed by atoms with Gasteiger partial charge in [0, 0.05) is 18.2 Å². The molecule has 182 valence electrons. The van der Waals surface area contributed by atoms with Crippen LogP contribution in [0.5, 0.6) is 34.5 Å². The third-order valence-electron chi connectivity index (χ3n) is 4.16. The Labute approximate surface area is 195 Å². The van der Waals surface area contributed by atoms with E-state index in [0.717, 1.165) is 18.6 Å². The van der Waals surface area contributed by atoms with Gasteiger partial charge >= 0.3 is 0 Å². The van der Waals surface area contributed by atoms with Gasteiger partial charge in [0.1, 0.15) is 11.5 Å². The summed E-state index contributed by atoms with van der Waals surface area (Å²) in [6.07, 6.45) is 3.53. The first-order chi connectivity index (χ1) is 15.4. The van der Waals surface area contributed by atoms with E-state index < -0.39 is 0 Å². The van der Waals surface area contributed by atoms with Crippen molar-refractivity contribution in [3.8, 4) is 34.5 Å². The van der Waals surface area contributed by atoms with Crippen molar-refractivity contribution in [1.29, 1.82) is 0 Å². The highest BCUT2D eigenvalue weighted by Crippen LogP contribution is 2.42. The van der Waals surface area contributed by atoms with Crippen LogP contribution in [0.1, 0.15) is 60.8 Å². The van der Waals surface area contributed by atoms with Crippen LogP contribution in [0.25, 0.3) is 0 Å². The standard InChI is InChI=1S/C21H29NO5.C3H8.C2H6/c1-6-7-14(2)13-26-15-8-9-18(17(22)10-15)27-16-11-19(23-3)21(25-5)20(12-16)24-4;1-3-2;1-2/h8-12,14H,6-7,13,22H2,1-5H3;3H2,1-2H3;1-2H3. The molecular weight excluding hydrogens is 406 g/mol. The number of hydrogen-bond acceptors (Lipinski definition) is 6. The van der Waals surface area contributed by atoms with Gasteiger partial charge in [0.2, 0.25) is 5.75 Å². The number of ether oxygens (including phenoxy) is 5. The average Bonchev–Trinajstić information content (AvgIpc) is 2.80. The topological polar surface area (TPSA) is 72.2 Å². The Kier molecular flexibility index (Phi) is 15.4. The number of methoxy groups -OCH3 is 3. The molecule has 0 aliphatic rings. The minimum atomic E-state index is 0.490. The van der Waals surface area contributed by atoms with Crippen LogP contribution in [0.15, 0.2) is 30.3 Å². The average molecular weight is 450 g/mol. The minimum absolute atomic E-state index is 0.490. The monoisotopic (exact) mass is 449 g/mol. The van der Waals surface area contributed by atoms with Gasteiger partial charge in [-0.15, -0.1) is 0 Å². The number of anilines is 1. The van der Waals surface area contributed by atoms with E-state index in [4.69, 9.17) is 29.4 Å². The molecule has 0 radical (unpaired) electrons. The third kappa shape index (κ3) is 9.58. The zero-order chi connectivity index (χ0) is 24.5. The number of hydrogen-bond donors (Lipinski definition) is 1. The van der Waals surface area contributed by atoms with E-state index in [-0.39, 0.29) is 0 Å². The molecule has 2 N–H and O–H groups in total. The molecule has 0 aliphatic carbocycles. The van der Waals surface area contributed by atoms with E-state index in [1.165, 1.54) is 6.42 Å². The molecule has 2 aromatic rings. The highest BCUT2D eigenvalue weighted by atomic mass is 16.5. The summed E-state index contributed by atoms with van der Waals surface area (Å²) in [7, 11) is 4.67. The Bertz CT molecular complexity index is 739. The summed E-state index contributed by atoms with van der Waals surface area (Å²) >= 11 is 0. The normalized spacial score (nSPS) is 10.5. The van der Waals surface area contributed by atoms with Crippen LogP contribution in [0.4, 0.5) is 5.69 Å².